The van der Waals surface area contributed by atoms with Gasteiger partial charge in [-0.2, -0.15) is 0 Å². The van der Waals surface area contributed by atoms with Crippen molar-refractivity contribution in [3.8, 4) is 0 Å². The van der Waals surface area contributed by atoms with Crippen LogP contribution in [-0.2, 0) is 32.6 Å². The van der Waals surface area contributed by atoms with Gasteiger partial charge in [0.2, 0.25) is 21.8 Å². The van der Waals surface area contributed by atoms with Gasteiger partial charge in [-0.1, -0.05) is 80.6 Å². The van der Waals surface area contributed by atoms with Crippen LogP contribution >= 0.6 is 0 Å². The molecule has 0 saturated carbocycles. The molecule has 1 atom stereocenters. The molecule has 8 heteroatoms. The minimum Gasteiger partial charge on any atom is -0.354 e. The molecule has 0 heterocycles. The predicted octanol–water partition coefficient (Wildman–Crippen LogP) is 4.48. The van der Waals surface area contributed by atoms with Crippen LogP contribution in [0, 0.1) is 19.8 Å². The molecule has 0 aliphatic carbocycles. The minimum absolute atomic E-state index is 0.170. The molecule has 0 unspecified atom stereocenters. The molecule has 0 bridgehead atoms. The molecule has 0 spiro atoms. The molecule has 2 amide bonds. The highest BCUT2D eigenvalue weighted by Crippen LogP contribution is 2.22. The molecular formula is C31H39N3O4S. The van der Waals surface area contributed by atoms with Crippen molar-refractivity contribution < 1.29 is 18.0 Å². The van der Waals surface area contributed by atoms with Crippen molar-refractivity contribution in [2.75, 3.05) is 23.7 Å². The van der Waals surface area contributed by atoms with E-state index >= 15 is 0 Å². The average molecular weight is 550 g/mol. The number of carbonyl (C=O) groups is 2. The molecule has 0 aliphatic heterocycles. The predicted molar refractivity (Wildman–Crippen MR) is 157 cm³/mol. The monoisotopic (exact) mass is 549 g/mol. The van der Waals surface area contributed by atoms with Crippen LogP contribution < -0.4 is 9.62 Å². The molecule has 1 N–H and O–H groups in total. The Hall–Kier alpha value is -3.65. The van der Waals surface area contributed by atoms with E-state index in [1.807, 2.05) is 88.4 Å². The van der Waals surface area contributed by atoms with Crippen LogP contribution in [0.4, 0.5) is 5.69 Å². The lowest BCUT2D eigenvalue weighted by Crippen LogP contribution is -2.53. The van der Waals surface area contributed by atoms with Gasteiger partial charge in [-0.05, 0) is 54.2 Å². The van der Waals surface area contributed by atoms with Gasteiger partial charge in [0.15, 0.2) is 0 Å². The summed E-state index contributed by atoms with van der Waals surface area (Å²) in [5.74, 6) is -0.490. The lowest BCUT2D eigenvalue weighted by atomic mass is 10.0. The molecule has 3 rings (SSSR count). The Balaban J connectivity index is 2.06. The highest BCUT2D eigenvalue weighted by atomic mass is 32.2. The third-order valence-corrected chi connectivity index (χ3v) is 7.67. The zero-order valence-electron chi connectivity index (χ0n) is 23.4. The number of anilines is 1. The third-order valence-electron chi connectivity index (χ3n) is 6.53. The lowest BCUT2D eigenvalue weighted by Gasteiger charge is -2.34. The maximum absolute atomic E-state index is 14.1. The van der Waals surface area contributed by atoms with Crippen LogP contribution in [0.3, 0.4) is 0 Å². The summed E-state index contributed by atoms with van der Waals surface area (Å²) in [5.41, 5.74) is 4.06. The van der Waals surface area contributed by atoms with Crippen LogP contribution in [0.2, 0.25) is 0 Å². The summed E-state index contributed by atoms with van der Waals surface area (Å²) in [4.78, 5) is 29.2. The maximum atomic E-state index is 14.1. The van der Waals surface area contributed by atoms with Gasteiger partial charge < -0.3 is 10.2 Å². The van der Waals surface area contributed by atoms with E-state index in [1.54, 1.807) is 18.2 Å². The second-order valence-corrected chi connectivity index (χ2v) is 12.3. The third kappa shape index (κ3) is 8.68. The van der Waals surface area contributed by atoms with Gasteiger partial charge in [-0.25, -0.2) is 8.42 Å². The smallest absolute Gasteiger partial charge is 0.244 e. The van der Waals surface area contributed by atoms with Crippen molar-refractivity contribution in [1.29, 1.82) is 0 Å². The van der Waals surface area contributed by atoms with Crippen LogP contribution in [0.25, 0.3) is 0 Å². The van der Waals surface area contributed by atoms with Crippen molar-refractivity contribution >= 4 is 27.5 Å². The Morgan fingerprint density at radius 1 is 0.897 bits per heavy atom. The molecule has 0 fully saturated rings. The zero-order chi connectivity index (χ0) is 28.6. The van der Waals surface area contributed by atoms with Crippen molar-refractivity contribution in [1.82, 2.24) is 10.2 Å². The second-order valence-electron chi connectivity index (χ2n) is 10.4. The highest BCUT2D eigenvalue weighted by molar-refractivity contribution is 7.92. The van der Waals surface area contributed by atoms with Crippen molar-refractivity contribution in [2.24, 2.45) is 5.92 Å². The van der Waals surface area contributed by atoms with E-state index in [9.17, 15) is 18.0 Å². The Kier molecular flexibility index (Phi) is 10.3. The standard InChI is InChI=1S/C31H39N3O4S/c1-23(2)20-32-31(36)29(19-26-14-7-6-8-15-26)33(21-27-16-10-9-13-25(27)4)30(35)22-34(39(5,37)38)28-17-11-12-24(3)18-28/h6-18,23,29H,19-22H2,1-5H3,(H,32,36)/t29-/m0/s1. The van der Waals surface area contributed by atoms with Crippen LogP contribution in [0.1, 0.15) is 36.1 Å². The van der Waals surface area contributed by atoms with Gasteiger partial charge in [0.1, 0.15) is 12.6 Å². The van der Waals surface area contributed by atoms with E-state index in [2.05, 4.69) is 5.32 Å². The number of carbonyl (C=O) groups excluding carboxylic acids is 2. The first kappa shape index (κ1) is 29.9. The summed E-state index contributed by atoms with van der Waals surface area (Å²) in [6.45, 7) is 8.06. The summed E-state index contributed by atoms with van der Waals surface area (Å²) >= 11 is 0. The zero-order valence-corrected chi connectivity index (χ0v) is 24.2. The second kappa shape index (κ2) is 13.4. The van der Waals surface area contributed by atoms with Crippen LogP contribution in [0.5, 0.6) is 0 Å². The number of hydrogen-bond donors (Lipinski definition) is 1. The van der Waals surface area contributed by atoms with Crippen molar-refractivity contribution in [3.63, 3.8) is 0 Å². The lowest BCUT2D eigenvalue weighted by molar-refractivity contribution is -0.140. The molecule has 3 aromatic carbocycles. The summed E-state index contributed by atoms with van der Waals surface area (Å²) in [5, 5.41) is 3.00. The number of nitrogens with one attached hydrogen (secondary N) is 1. The molecule has 0 aliphatic rings. The SMILES string of the molecule is Cc1cccc(N(CC(=O)N(Cc2ccccc2C)[C@@H](Cc2ccccc2)C(=O)NCC(C)C)S(C)(=O)=O)c1. The highest BCUT2D eigenvalue weighted by Gasteiger charge is 2.33. The quantitative estimate of drug-likeness (QED) is 0.361. The number of nitrogens with zero attached hydrogens (tertiary/aromatic N) is 2. The molecule has 208 valence electrons. The number of amides is 2. The Labute approximate surface area is 232 Å². The Morgan fingerprint density at radius 3 is 2.18 bits per heavy atom. The topological polar surface area (TPSA) is 86.8 Å². The molecule has 0 saturated heterocycles. The first-order valence-electron chi connectivity index (χ1n) is 13.2. The minimum atomic E-state index is -3.79. The molecule has 3 aromatic rings. The molecule has 0 radical (unpaired) electrons. The maximum Gasteiger partial charge on any atom is 0.244 e. The van der Waals surface area contributed by atoms with Gasteiger partial charge in [0, 0.05) is 19.5 Å². The van der Waals surface area contributed by atoms with Crippen LogP contribution in [0.15, 0.2) is 78.9 Å². The number of rotatable bonds is 12. The van der Waals surface area contributed by atoms with Gasteiger partial charge in [-0.3, -0.25) is 13.9 Å². The first-order valence-corrected chi connectivity index (χ1v) is 15.0. The average Bonchev–Trinajstić information content (AvgIpc) is 2.88. The van der Waals surface area contributed by atoms with Crippen molar-refractivity contribution in [2.45, 2.75) is 46.7 Å². The molecule has 7 nitrogen and oxygen atoms in total. The normalized spacial score (nSPS) is 12.2. The molecular weight excluding hydrogens is 510 g/mol. The van der Waals surface area contributed by atoms with E-state index in [4.69, 9.17) is 0 Å². The van der Waals surface area contributed by atoms with Gasteiger partial charge in [0.25, 0.3) is 0 Å². The van der Waals surface area contributed by atoms with Gasteiger partial charge >= 0.3 is 0 Å². The van der Waals surface area contributed by atoms with E-state index in [0.29, 0.717) is 18.7 Å². The summed E-state index contributed by atoms with van der Waals surface area (Å²) in [6, 6.07) is 23.4. The summed E-state index contributed by atoms with van der Waals surface area (Å²) in [6.07, 6.45) is 1.39. The van der Waals surface area contributed by atoms with E-state index in [1.165, 1.54) is 4.90 Å². The molecule has 39 heavy (non-hydrogen) atoms. The molecule has 0 aromatic heterocycles. The van der Waals surface area contributed by atoms with Gasteiger partial charge in [-0.15, -0.1) is 0 Å². The Bertz CT molecular complexity index is 1370. The van der Waals surface area contributed by atoms with Gasteiger partial charge in [0.05, 0.1) is 11.9 Å². The summed E-state index contributed by atoms with van der Waals surface area (Å²) in [7, 11) is -3.79. The van der Waals surface area contributed by atoms with Crippen LogP contribution in [-0.4, -0.2) is 50.5 Å². The number of benzene rings is 3. The number of hydrogen-bond acceptors (Lipinski definition) is 4. The first-order chi connectivity index (χ1) is 18.5. The Morgan fingerprint density at radius 2 is 1.56 bits per heavy atom. The largest absolute Gasteiger partial charge is 0.354 e. The number of sulfonamides is 1. The van der Waals surface area contributed by atoms with E-state index in [-0.39, 0.29) is 18.4 Å². The van der Waals surface area contributed by atoms with Crippen molar-refractivity contribution in [3.05, 3.63) is 101 Å². The fourth-order valence-corrected chi connectivity index (χ4v) is 5.19. The fraction of sp³-hybridized carbons (Fsp3) is 0.355. The van der Waals surface area contributed by atoms with E-state index < -0.39 is 28.5 Å². The van der Waals surface area contributed by atoms with E-state index in [0.717, 1.165) is 32.8 Å². The summed E-state index contributed by atoms with van der Waals surface area (Å²) < 4.78 is 26.8. The fourth-order valence-electron chi connectivity index (χ4n) is 4.34. The number of aryl methyl sites for hydroxylation is 2.